The van der Waals surface area contributed by atoms with Gasteiger partial charge in [-0.25, -0.2) is 4.98 Å². The SMILES string of the molecule is CO[C@@H]1C[C@@H]([C@H](C)Oc2cc(N3CCNC4(CC4)C3)nc(-c3noc4c3CCC[C@@]43CCCc4sc(N)c(C#N)c43)n2)N(C)C1. The van der Waals surface area contributed by atoms with Gasteiger partial charge in [-0.05, 0) is 77.3 Å². The van der Waals surface area contributed by atoms with Gasteiger partial charge in [0.05, 0.1) is 17.1 Å². The number of anilines is 2. The molecule has 3 aliphatic carbocycles. The molecule has 2 spiro atoms. The van der Waals surface area contributed by atoms with Gasteiger partial charge in [0.1, 0.15) is 23.0 Å². The molecule has 0 aromatic carbocycles. The molecule has 45 heavy (non-hydrogen) atoms. The van der Waals surface area contributed by atoms with E-state index in [1.807, 2.05) is 6.07 Å². The molecule has 3 N–H and O–H groups in total. The van der Waals surface area contributed by atoms with Crippen LogP contribution in [0.5, 0.6) is 5.88 Å². The van der Waals surface area contributed by atoms with Crippen molar-refractivity contribution >= 4 is 22.2 Å². The summed E-state index contributed by atoms with van der Waals surface area (Å²) in [5, 5.41) is 19.1. The molecule has 0 amide bonds. The Hall–Kier alpha value is -3.24. The van der Waals surface area contributed by atoms with Crippen LogP contribution in [0, 0.1) is 11.3 Å². The number of rotatable bonds is 6. The molecule has 3 aromatic rings. The molecule has 8 rings (SSSR count). The van der Waals surface area contributed by atoms with Gasteiger partial charge >= 0.3 is 0 Å². The van der Waals surface area contributed by atoms with Crippen molar-refractivity contribution in [1.29, 1.82) is 5.26 Å². The molecule has 2 aliphatic heterocycles. The highest BCUT2D eigenvalue weighted by Crippen LogP contribution is 2.55. The molecule has 238 valence electrons. The third-order valence-corrected chi connectivity index (χ3v) is 12.1. The second kappa shape index (κ2) is 10.9. The summed E-state index contributed by atoms with van der Waals surface area (Å²) >= 11 is 1.56. The number of likely N-dealkylation sites (N-methyl/N-ethyl adjacent to an activating group) is 1. The number of ether oxygens (including phenoxy) is 2. The van der Waals surface area contributed by atoms with Crippen LogP contribution >= 0.6 is 11.3 Å². The first-order chi connectivity index (χ1) is 21.8. The number of nitrogens with zero attached hydrogens (tertiary/aromatic N) is 6. The third kappa shape index (κ3) is 4.82. The van der Waals surface area contributed by atoms with E-state index in [-0.39, 0.29) is 29.2 Å². The van der Waals surface area contributed by atoms with Crippen LogP contribution in [-0.4, -0.2) is 84.1 Å². The molecule has 0 unspecified atom stereocenters. The van der Waals surface area contributed by atoms with Crippen molar-refractivity contribution < 1.29 is 14.0 Å². The van der Waals surface area contributed by atoms with E-state index < -0.39 is 0 Å². The Labute approximate surface area is 268 Å². The summed E-state index contributed by atoms with van der Waals surface area (Å²) in [7, 11) is 3.91. The molecule has 4 atom stereocenters. The van der Waals surface area contributed by atoms with E-state index in [0.717, 1.165) is 93.8 Å². The monoisotopic (exact) mass is 630 g/mol. The number of hydrogen-bond acceptors (Lipinski definition) is 12. The molecule has 3 aromatic heterocycles. The fraction of sp³-hybridized carbons (Fsp3) is 0.636. The van der Waals surface area contributed by atoms with Crippen molar-refractivity contribution in [3.63, 3.8) is 0 Å². The van der Waals surface area contributed by atoms with E-state index in [2.05, 4.69) is 40.3 Å². The Kier molecular flexibility index (Phi) is 7.09. The highest BCUT2D eigenvalue weighted by molar-refractivity contribution is 7.16. The zero-order valence-corrected chi connectivity index (χ0v) is 27.2. The topological polar surface area (TPSA) is 139 Å². The van der Waals surface area contributed by atoms with Gasteiger partial charge in [-0.2, -0.15) is 10.2 Å². The Morgan fingerprint density at radius 3 is 2.80 bits per heavy atom. The number of likely N-dealkylation sites (tertiary alicyclic amines) is 1. The first-order valence-electron chi connectivity index (χ1n) is 16.4. The van der Waals surface area contributed by atoms with Crippen LogP contribution in [0.2, 0.25) is 0 Å². The molecule has 0 bridgehead atoms. The summed E-state index contributed by atoms with van der Waals surface area (Å²) in [5.74, 6) is 2.82. The number of nitrogens with one attached hydrogen (secondary N) is 1. The minimum Gasteiger partial charge on any atom is -0.473 e. The number of piperazine rings is 1. The first-order valence-corrected chi connectivity index (χ1v) is 17.2. The number of methoxy groups -OCH3 is 1. The number of aromatic nitrogens is 3. The van der Waals surface area contributed by atoms with Gasteiger partial charge in [-0.3, -0.25) is 4.90 Å². The average molecular weight is 631 g/mol. The van der Waals surface area contributed by atoms with Gasteiger partial charge in [0.2, 0.25) is 5.88 Å². The summed E-state index contributed by atoms with van der Waals surface area (Å²) in [6.45, 7) is 5.71. The molecule has 0 radical (unpaired) electrons. The van der Waals surface area contributed by atoms with Gasteiger partial charge in [0.25, 0.3) is 0 Å². The second-order valence-corrected chi connectivity index (χ2v) is 15.0. The fourth-order valence-electron chi connectivity index (χ4n) is 8.57. The standard InChI is InChI=1S/C33H42N8O3S/c1-19(23-14-20(42-3)17-40(23)2)43-26-15-25(41-13-12-36-32(18-41)10-11-32)37-31(38-26)28-21-6-4-8-33(29(21)44-39-28)9-5-7-24-27(33)22(16-34)30(35)45-24/h15,19-20,23,36H,4-14,17-18,35H2,1-3H3/t19-,20+,23-,33-/m0/s1. The maximum absolute atomic E-state index is 10.1. The molecule has 1 saturated carbocycles. The zero-order valence-electron chi connectivity index (χ0n) is 26.4. The number of thiophene rings is 1. The van der Waals surface area contributed by atoms with E-state index in [9.17, 15) is 5.26 Å². The number of fused-ring (bicyclic) bond motifs is 4. The normalized spacial score (nSPS) is 27.7. The van der Waals surface area contributed by atoms with E-state index in [1.54, 1.807) is 18.4 Å². The lowest BCUT2D eigenvalue weighted by Gasteiger charge is -2.39. The van der Waals surface area contributed by atoms with E-state index in [4.69, 9.17) is 29.7 Å². The van der Waals surface area contributed by atoms with E-state index >= 15 is 0 Å². The van der Waals surface area contributed by atoms with Crippen molar-refractivity contribution in [3.05, 3.63) is 33.4 Å². The zero-order chi connectivity index (χ0) is 30.9. The summed E-state index contributed by atoms with van der Waals surface area (Å²) in [6, 6.07) is 4.64. The predicted octanol–water partition coefficient (Wildman–Crippen LogP) is 4.03. The molecule has 5 aliphatic rings. The van der Waals surface area contributed by atoms with Crippen LogP contribution in [0.25, 0.3) is 11.5 Å². The summed E-state index contributed by atoms with van der Waals surface area (Å²) in [4.78, 5) is 16.0. The predicted molar refractivity (Wildman–Crippen MR) is 172 cm³/mol. The van der Waals surface area contributed by atoms with Crippen LogP contribution in [-0.2, 0) is 23.0 Å². The van der Waals surface area contributed by atoms with Crippen LogP contribution in [0.3, 0.4) is 0 Å². The minimum atomic E-state index is -0.390. The molecular formula is C33H42N8O3S. The van der Waals surface area contributed by atoms with Crippen LogP contribution in [0.15, 0.2) is 10.6 Å². The number of nitrogen functional groups attached to an aromatic ring is 1. The van der Waals surface area contributed by atoms with Gasteiger partial charge in [0, 0.05) is 61.4 Å². The van der Waals surface area contributed by atoms with Crippen molar-refractivity contribution in [1.82, 2.24) is 25.3 Å². The minimum absolute atomic E-state index is 0.0906. The quantitative estimate of drug-likeness (QED) is 0.408. The molecule has 2 saturated heterocycles. The fourth-order valence-corrected chi connectivity index (χ4v) is 9.73. The van der Waals surface area contributed by atoms with E-state index in [0.29, 0.717) is 28.0 Å². The van der Waals surface area contributed by atoms with Gasteiger partial charge in [-0.15, -0.1) is 11.3 Å². The van der Waals surface area contributed by atoms with Crippen molar-refractivity contribution in [2.75, 3.05) is 51.0 Å². The Balaban J connectivity index is 1.19. The van der Waals surface area contributed by atoms with Crippen LogP contribution < -0.4 is 20.7 Å². The highest BCUT2D eigenvalue weighted by atomic mass is 32.1. The number of hydrogen-bond donors (Lipinski definition) is 2. The first kappa shape index (κ1) is 29.2. The summed E-state index contributed by atoms with van der Waals surface area (Å²) < 4.78 is 18.6. The second-order valence-electron chi connectivity index (χ2n) is 13.8. The highest BCUT2D eigenvalue weighted by Gasteiger charge is 2.49. The van der Waals surface area contributed by atoms with Crippen LogP contribution in [0.4, 0.5) is 10.8 Å². The summed E-state index contributed by atoms with van der Waals surface area (Å²) in [6.07, 6.45) is 9.01. The maximum Gasteiger partial charge on any atom is 0.219 e. The van der Waals surface area contributed by atoms with Gasteiger partial charge < -0.3 is 29.9 Å². The van der Waals surface area contributed by atoms with Crippen molar-refractivity contribution in [2.24, 2.45) is 0 Å². The largest absolute Gasteiger partial charge is 0.473 e. The number of nitriles is 1. The molecule has 12 heteroatoms. The van der Waals surface area contributed by atoms with Crippen molar-refractivity contribution in [3.8, 4) is 23.5 Å². The molecular weight excluding hydrogens is 588 g/mol. The molecule has 5 heterocycles. The molecule has 3 fully saturated rings. The Bertz CT molecular complexity index is 1660. The lowest BCUT2D eigenvalue weighted by atomic mass is 9.63. The molecule has 11 nitrogen and oxygen atoms in total. The number of aryl methyl sites for hydroxylation is 1. The lowest BCUT2D eigenvalue weighted by Crippen LogP contribution is -2.52. The van der Waals surface area contributed by atoms with E-state index in [1.165, 1.54) is 17.7 Å². The number of nitrogens with two attached hydrogens (primary N) is 1. The maximum atomic E-state index is 10.1. The van der Waals surface area contributed by atoms with Crippen molar-refractivity contribution in [2.45, 2.75) is 93.9 Å². The summed E-state index contributed by atoms with van der Waals surface area (Å²) in [5.41, 5.74) is 9.60. The Morgan fingerprint density at radius 1 is 1.22 bits per heavy atom. The third-order valence-electron chi connectivity index (χ3n) is 11.1. The smallest absolute Gasteiger partial charge is 0.219 e. The Morgan fingerprint density at radius 2 is 2.04 bits per heavy atom. The van der Waals surface area contributed by atoms with Gasteiger partial charge in [-0.1, -0.05) is 5.16 Å². The van der Waals surface area contributed by atoms with Gasteiger partial charge in [0.15, 0.2) is 17.3 Å². The average Bonchev–Trinajstić information content (AvgIpc) is 3.34. The van der Waals surface area contributed by atoms with Crippen LogP contribution in [0.1, 0.15) is 79.2 Å². The lowest BCUT2D eigenvalue weighted by molar-refractivity contribution is 0.108.